The maximum Gasteiger partial charge on any atom is 0.335 e. The molecule has 9 nitrogen and oxygen atoms in total. The van der Waals surface area contributed by atoms with E-state index < -0.39 is 22.8 Å². The highest BCUT2D eigenvalue weighted by Gasteiger charge is 2.37. The number of ether oxygens (including phenoxy) is 1. The molecule has 1 aliphatic rings. The van der Waals surface area contributed by atoms with Gasteiger partial charge in [0.25, 0.3) is 17.5 Å². The number of carbonyl (C=O) groups is 3. The number of non-ortho nitro benzene ring substituents is 1. The van der Waals surface area contributed by atoms with E-state index in [1.807, 2.05) is 12.1 Å². The van der Waals surface area contributed by atoms with Crippen LogP contribution in [0.5, 0.6) is 5.75 Å². The predicted molar refractivity (Wildman–Crippen MR) is 124 cm³/mol. The van der Waals surface area contributed by atoms with Crippen molar-refractivity contribution in [3.05, 3.63) is 105 Å². The van der Waals surface area contributed by atoms with E-state index in [2.05, 4.69) is 5.32 Å². The van der Waals surface area contributed by atoms with Crippen LogP contribution >= 0.6 is 11.6 Å². The minimum Gasteiger partial charge on any atom is -0.489 e. The summed E-state index contributed by atoms with van der Waals surface area (Å²) >= 11 is 5.98. The third-order valence-electron chi connectivity index (χ3n) is 4.86. The Hall–Kier alpha value is -4.50. The zero-order chi connectivity index (χ0) is 24.2. The molecule has 1 N–H and O–H groups in total. The summed E-state index contributed by atoms with van der Waals surface area (Å²) < 4.78 is 5.77. The van der Waals surface area contributed by atoms with E-state index in [1.165, 1.54) is 24.3 Å². The first kappa shape index (κ1) is 22.7. The van der Waals surface area contributed by atoms with Crippen LogP contribution in [0.15, 0.2) is 78.4 Å². The van der Waals surface area contributed by atoms with Gasteiger partial charge in [0, 0.05) is 17.2 Å². The predicted octanol–water partition coefficient (Wildman–Crippen LogP) is 4.49. The number of barbiturate groups is 1. The number of nitro benzene ring substituents is 1. The number of nitro groups is 1. The highest BCUT2D eigenvalue weighted by atomic mass is 35.5. The summed E-state index contributed by atoms with van der Waals surface area (Å²) in [6.07, 6.45) is 1.32. The minimum atomic E-state index is -0.994. The van der Waals surface area contributed by atoms with Gasteiger partial charge < -0.3 is 4.74 Å². The fourth-order valence-electron chi connectivity index (χ4n) is 3.29. The number of benzene rings is 3. The normalized spacial score (nSPS) is 14.8. The number of hydrogen-bond donors (Lipinski definition) is 1. The van der Waals surface area contributed by atoms with Crippen molar-refractivity contribution in [1.29, 1.82) is 0 Å². The molecule has 0 atom stereocenters. The van der Waals surface area contributed by atoms with Crippen LogP contribution in [0.4, 0.5) is 16.2 Å². The van der Waals surface area contributed by atoms with Crippen LogP contribution in [-0.2, 0) is 16.2 Å². The Morgan fingerprint density at radius 1 is 1.00 bits per heavy atom. The van der Waals surface area contributed by atoms with E-state index in [0.717, 1.165) is 11.6 Å². The quantitative estimate of drug-likeness (QED) is 0.242. The van der Waals surface area contributed by atoms with Crippen molar-refractivity contribution in [2.75, 3.05) is 4.90 Å². The smallest absolute Gasteiger partial charge is 0.335 e. The molecule has 1 saturated heterocycles. The number of halogens is 1. The number of hydrogen-bond acceptors (Lipinski definition) is 6. The highest BCUT2D eigenvalue weighted by molar-refractivity contribution is 6.39. The molecule has 34 heavy (non-hydrogen) atoms. The van der Waals surface area contributed by atoms with Gasteiger partial charge in [-0.2, -0.15) is 0 Å². The molecule has 10 heteroatoms. The van der Waals surface area contributed by atoms with Gasteiger partial charge in [-0.3, -0.25) is 25.0 Å². The van der Waals surface area contributed by atoms with E-state index in [0.29, 0.717) is 21.2 Å². The number of nitrogens with one attached hydrogen (secondary N) is 1. The monoisotopic (exact) mass is 477 g/mol. The lowest BCUT2D eigenvalue weighted by Crippen LogP contribution is -2.54. The summed E-state index contributed by atoms with van der Waals surface area (Å²) in [4.78, 5) is 48.9. The first-order valence-corrected chi connectivity index (χ1v) is 10.3. The second kappa shape index (κ2) is 9.55. The van der Waals surface area contributed by atoms with Crippen molar-refractivity contribution in [1.82, 2.24) is 5.32 Å². The van der Waals surface area contributed by atoms with Crippen LogP contribution < -0.4 is 15.0 Å². The molecule has 0 aliphatic carbocycles. The zero-order valence-electron chi connectivity index (χ0n) is 17.4. The minimum absolute atomic E-state index is 0.0336. The van der Waals surface area contributed by atoms with Crippen LogP contribution in [0.3, 0.4) is 0 Å². The molecule has 0 spiro atoms. The Labute approximate surface area is 198 Å². The first-order valence-electron chi connectivity index (χ1n) is 9.95. The van der Waals surface area contributed by atoms with Gasteiger partial charge >= 0.3 is 6.03 Å². The maximum atomic E-state index is 13.0. The van der Waals surface area contributed by atoms with Gasteiger partial charge in [0.05, 0.1) is 10.6 Å². The first-order chi connectivity index (χ1) is 16.3. The van der Waals surface area contributed by atoms with Gasteiger partial charge in [0.1, 0.15) is 17.9 Å². The molecule has 0 aromatic heterocycles. The van der Waals surface area contributed by atoms with Crippen LogP contribution in [0.25, 0.3) is 6.08 Å². The van der Waals surface area contributed by atoms with E-state index >= 15 is 0 Å². The third-order valence-corrected chi connectivity index (χ3v) is 5.10. The molecule has 4 rings (SSSR count). The molecule has 170 valence electrons. The average Bonchev–Trinajstić information content (AvgIpc) is 2.81. The Bertz CT molecular complexity index is 1350. The summed E-state index contributed by atoms with van der Waals surface area (Å²) in [5.41, 5.74) is 0.705. The molecule has 4 amide bonds. The Morgan fingerprint density at radius 3 is 2.53 bits per heavy atom. The highest BCUT2D eigenvalue weighted by Crippen LogP contribution is 2.26. The van der Waals surface area contributed by atoms with Gasteiger partial charge in [-0.05, 0) is 47.5 Å². The average molecular weight is 478 g/mol. The number of nitrogens with zero attached hydrogens (tertiary/aromatic N) is 2. The molecular formula is C24H16ClN3O6. The van der Waals surface area contributed by atoms with Gasteiger partial charge in [-0.25, -0.2) is 9.69 Å². The van der Waals surface area contributed by atoms with E-state index in [1.54, 1.807) is 36.4 Å². The molecule has 3 aromatic carbocycles. The lowest BCUT2D eigenvalue weighted by atomic mass is 10.1. The van der Waals surface area contributed by atoms with Crippen molar-refractivity contribution in [2.45, 2.75) is 6.61 Å². The summed E-state index contributed by atoms with van der Waals surface area (Å²) in [7, 11) is 0. The van der Waals surface area contributed by atoms with Gasteiger partial charge in [0.2, 0.25) is 0 Å². The SMILES string of the molecule is O=C1NC(=O)N(c2cccc([N+](=O)[O-])c2)C(=O)/C1=C\c1cccc(OCc2cccc(Cl)c2)c1. The van der Waals surface area contributed by atoms with Crippen LogP contribution in [0.2, 0.25) is 5.02 Å². The second-order valence-corrected chi connectivity index (χ2v) is 7.66. The molecule has 1 heterocycles. The Morgan fingerprint density at radius 2 is 1.76 bits per heavy atom. The number of rotatable bonds is 6. The Balaban J connectivity index is 1.59. The van der Waals surface area contributed by atoms with Gasteiger partial charge in [-0.15, -0.1) is 0 Å². The largest absolute Gasteiger partial charge is 0.489 e. The topological polar surface area (TPSA) is 119 Å². The van der Waals surface area contributed by atoms with Crippen molar-refractivity contribution < 1.29 is 24.0 Å². The summed E-state index contributed by atoms with van der Waals surface area (Å²) in [5.74, 6) is -1.29. The standard InChI is InChI=1S/C24H16ClN3O6/c25-17-6-1-5-16(10-17)14-34-20-9-2-4-15(11-20)12-21-22(29)26-24(31)27(23(21)30)18-7-3-8-19(13-18)28(32)33/h1-13H,14H2,(H,26,29,31)/b21-12-. The van der Waals surface area contributed by atoms with E-state index in [9.17, 15) is 24.5 Å². The summed E-state index contributed by atoms with van der Waals surface area (Å²) in [6, 6.07) is 17.9. The number of anilines is 1. The molecule has 1 aliphatic heterocycles. The van der Waals surface area contributed by atoms with E-state index in [-0.39, 0.29) is 23.6 Å². The molecule has 0 bridgehead atoms. The molecule has 0 saturated carbocycles. The van der Waals surface area contributed by atoms with Crippen molar-refractivity contribution in [3.63, 3.8) is 0 Å². The fraction of sp³-hybridized carbons (Fsp3) is 0.0417. The second-order valence-electron chi connectivity index (χ2n) is 7.23. The van der Waals surface area contributed by atoms with Crippen molar-refractivity contribution in [3.8, 4) is 5.75 Å². The van der Waals surface area contributed by atoms with Crippen LogP contribution in [0.1, 0.15) is 11.1 Å². The van der Waals surface area contributed by atoms with E-state index in [4.69, 9.17) is 16.3 Å². The molecule has 0 unspecified atom stereocenters. The summed E-state index contributed by atoms with van der Waals surface area (Å²) in [6.45, 7) is 0.259. The Kier molecular flexibility index (Phi) is 6.37. The fourth-order valence-corrected chi connectivity index (χ4v) is 3.50. The van der Waals surface area contributed by atoms with Crippen LogP contribution in [-0.4, -0.2) is 22.8 Å². The van der Waals surface area contributed by atoms with Crippen molar-refractivity contribution >= 4 is 46.9 Å². The lowest BCUT2D eigenvalue weighted by Gasteiger charge is -2.26. The molecular weight excluding hydrogens is 462 g/mol. The number of carbonyl (C=O) groups excluding carboxylic acids is 3. The number of amides is 4. The summed E-state index contributed by atoms with van der Waals surface area (Å²) in [5, 5.41) is 13.7. The number of imide groups is 2. The van der Waals surface area contributed by atoms with Crippen molar-refractivity contribution in [2.24, 2.45) is 0 Å². The van der Waals surface area contributed by atoms with Gasteiger partial charge in [-0.1, -0.05) is 41.9 Å². The molecule has 3 aromatic rings. The zero-order valence-corrected chi connectivity index (χ0v) is 18.2. The van der Waals surface area contributed by atoms with Gasteiger partial charge in [0.15, 0.2) is 0 Å². The van der Waals surface area contributed by atoms with Crippen LogP contribution in [0, 0.1) is 10.1 Å². The molecule has 0 radical (unpaired) electrons. The third kappa shape index (κ3) is 4.94. The number of urea groups is 1. The molecule has 1 fully saturated rings. The maximum absolute atomic E-state index is 13.0. The lowest BCUT2D eigenvalue weighted by molar-refractivity contribution is -0.384.